The first-order chi connectivity index (χ1) is 13.1. The van der Waals surface area contributed by atoms with Crippen molar-refractivity contribution in [3.63, 3.8) is 0 Å². The molecule has 0 saturated carbocycles. The maximum atomic E-state index is 11.8. The molecule has 0 aliphatic rings. The molecule has 0 unspecified atom stereocenters. The summed E-state index contributed by atoms with van der Waals surface area (Å²) in [7, 11) is 0. The summed E-state index contributed by atoms with van der Waals surface area (Å²) in [5.41, 5.74) is 2.14. The van der Waals surface area contributed by atoms with Gasteiger partial charge in [0.25, 0.3) is 5.91 Å². The van der Waals surface area contributed by atoms with Crippen LogP contribution in [0.1, 0.15) is 17.5 Å². The van der Waals surface area contributed by atoms with Gasteiger partial charge >= 0.3 is 0 Å². The highest BCUT2D eigenvalue weighted by Gasteiger charge is 2.06. The number of aryl methyl sites for hydroxylation is 1. The lowest BCUT2D eigenvalue weighted by molar-refractivity contribution is -0.124. The number of amides is 2. The van der Waals surface area contributed by atoms with E-state index in [1.807, 2.05) is 62.4 Å². The van der Waals surface area contributed by atoms with Gasteiger partial charge < -0.3 is 20.1 Å². The second-order valence-electron chi connectivity index (χ2n) is 6.10. The standard InChI is InChI=1S/C21H26N2O4/c1-16-7-6-10-19(17(16)2)27-15-21(25)23-13-12-22-20(24)11-14-26-18-8-4-3-5-9-18/h3-10H,11-15H2,1-2H3,(H,22,24)(H,23,25). The highest BCUT2D eigenvalue weighted by Crippen LogP contribution is 2.20. The molecule has 0 bridgehead atoms. The lowest BCUT2D eigenvalue weighted by Gasteiger charge is -2.11. The van der Waals surface area contributed by atoms with E-state index in [4.69, 9.17) is 9.47 Å². The van der Waals surface area contributed by atoms with Crippen LogP contribution >= 0.6 is 0 Å². The molecule has 0 radical (unpaired) electrons. The number of rotatable bonds is 10. The van der Waals surface area contributed by atoms with Crippen LogP contribution in [0.2, 0.25) is 0 Å². The van der Waals surface area contributed by atoms with Crippen molar-refractivity contribution in [3.8, 4) is 11.5 Å². The Morgan fingerprint density at radius 3 is 2.30 bits per heavy atom. The Kier molecular flexibility index (Phi) is 8.16. The average Bonchev–Trinajstić information content (AvgIpc) is 2.67. The minimum atomic E-state index is -0.224. The summed E-state index contributed by atoms with van der Waals surface area (Å²) < 4.78 is 11.0. The topological polar surface area (TPSA) is 76.7 Å². The van der Waals surface area contributed by atoms with Crippen molar-refractivity contribution in [3.05, 3.63) is 59.7 Å². The number of carbonyl (C=O) groups is 2. The van der Waals surface area contributed by atoms with E-state index in [1.54, 1.807) is 0 Å². The Hall–Kier alpha value is -3.02. The molecule has 2 amide bonds. The predicted octanol–water partition coefficient (Wildman–Crippen LogP) is 2.38. The fraction of sp³-hybridized carbons (Fsp3) is 0.333. The molecule has 144 valence electrons. The minimum absolute atomic E-state index is 0.0524. The molecule has 0 aliphatic heterocycles. The van der Waals surface area contributed by atoms with Crippen molar-refractivity contribution in [1.29, 1.82) is 0 Å². The maximum absolute atomic E-state index is 11.8. The van der Waals surface area contributed by atoms with Crippen molar-refractivity contribution < 1.29 is 19.1 Å². The van der Waals surface area contributed by atoms with Crippen LogP contribution < -0.4 is 20.1 Å². The van der Waals surface area contributed by atoms with Crippen LogP contribution in [0.25, 0.3) is 0 Å². The number of nitrogens with one attached hydrogen (secondary N) is 2. The van der Waals surface area contributed by atoms with Crippen LogP contribution in [0.3, 0.4) is 0 Å². The van der Waals surface area contributed by atoms with Gasteiger partial charge in [-0.2, -0.15) is 0 Å². The Morgan fingerprint density at radius 1 is 0.852 bits per heavy atom. The molecule has 27 heavy (non-hydrogen) atoms. The lowest BCUT2D eigenvalue weighted by atomic mass is 10.1. The van der Waals surface area contributed by atoms with Crippen LogP contribution in [-0.2, 0) is 9.59 Å². The summed E-state index contributed by atoms with van der Waals surface area (Å²) in [4.78, 5) is 23.5. The van der Waals surface area contributed by atoms with Gasteiger partial charge in [0, 0.05) is 13.1 Å². The molecule has 6 nitrogen and oxygen atoms in total. The maximum Gasteiger partial charge on any atom is 0.258 e. The molecule has 0 aliphatic carbocycles. The van der Waals surface area contributed by atoms with Gasteiger partial charge in [0.15, 0.2) is 6.61 Å². The van der Waals surface area contributed by atoms with Crippen LogP contribution in [-0.4, -0.2) is 38.1 Å². The van der Waals surface area contributed by atoms with Crippen LogP contribution in [0.5, 0.6) is 11.5 Å². The van der Waals surface area contributed by atoms with Gasteiger partial charge in [-0.3, -0.25) is 9.59 Å². The number of hydrogen-bond donors (Lipinski definition) is 2. The highest BCUT2D eigenvalue weighted by atomic mass is 16.5. The lowest BCUT2D eigenvalue weighted by Crippen LogP contribution is -2.37. The zero-order valence-corrected chi connectivity index (χ0v) is 15.8. The first kappa shape index (κ1) is 20.3. The minimum Gasteiger partial charge on any atom is -0.493 e. The van der Waals surface area contributed by atoms with E-state index in [2.05, 4.69) is 10.6 Å². The van der Waals surface area contributed by atoms with Gasteiger partial charge in [-0.1, -0.05) is 30.3 Å². The quantitative estimate of drug-likeness (QED) is 0.630. The number of para-hydroxylation sites is 1. The number of ether oxygens (including phenoxy) is 2. The molecule has 0 atom stereocenters. The average molecular weight is 370 g/mol. The van der Waals surface area contributed by atoms with E-state index in [1.165, 1.54) is 0 Å². The molecule has 0 fully saturated rings. The Morgan fingerprint density at radius 2 is 1.56 bits per heavy atom. The molecule has 0 aromatic heterocycles. The fourth-order valence-electron chi connectivity index (χ4n) is 2.35. The number of hydrogen-bond acceptors (Lipinski definition) is 4. The summed E-state index contributed by atoms with van der Waals surface area (Å²) in [6.07, 6.45) is 0.262. The largest absolute Gasteiger partial charge is 0.493 e. The van der Waals surface area contributed by atoms with E-state index in [0.717, 1.165) is 16.9 Å². The number of benzene rings is 2. The fourth-order valence-corrected chi connectivity index (χ4v) is 2.35. The van der Waals surface area contributed by atoms with Crippen LogP contribution in [0.4, 0.5) is 0 Å². The van der Waals surface area contributed by atoms with E-state index in [0.29, 0.717) is 25.4 Å². The van der Waals surface area contributed by atoms with Gasteiger partial charge in [-0.25, -0.2) is 0 Å². The predicted molar refractivity (Wildman–Crippen MR) is 104 cm³/mol. The summed E-state index contributed by atoms with van der Waals surface area (Å²) in [5, 5.41) is 5.45. The first-order valence-corrected chi connectivity index (χ1v) is 8.96. The molecule has 0 heterocycles. The first-order valence-electron chi connectivity index (χ1n) is 8.96. The molecular formula is C21H26N2O4. The molecule has 2 aromatic rings. The van der Waals surface area contributed by atoms with Crippen molar-refractivity contribution >= 4 is 11.8 Å². The molecule has 0 saturated heterocycles. The Bertz CT molecular complexity index is 747. The van der Waals surface area contributed by atoms with E-state index in [-0.39, 0.29) is 24.8 Å². The van der Waals surface area contributed by atoms with Gasteiger partial charge in [-0.15, -0.1) is 0 Å². The molecule has 2 aromatic carbocycles. The molecule has 6 heteroatoms. The SMILES string of the molecule is Cc1cccc(OCC(=O)NCCNC(=O)CCOc2ccccc2)c1C. The van der Waals surface area contributed by atoms with Crippen LogP contribution in [0.15, 0.2) is 48.5 Å². The van der Waals surface area contributed by atoms with Crippen LogP contribution in [0, 0.1) is 13.8 Å². The Balaban J connectivity index is 1.54. The van der Waals surface area contributed by atoms with Gasteiger partial charge in [0.1, 0.15) is 11.5 Å². The van der Waals surface area contributed by atoms with Crippen molar-refractivity contribution in [2.24, 2.45) is 0 Å². The van der Waals surface area contributed by atoms with E-state index in [9.17, 15) is 9.59 Å². The van der Waals surface area contributed by atoms with Gasteiger partial charge in [-0.05, 0) is 43.2 Å². The van der Waals surface area contributed by atoms with Crippen molar-refractivity contribution in [1.82, 2.24) is 10.6 Å². The van der Waals surface area contributed by atoms with E-state index >= 15 is 0 Å². The summed E-state index contributed by atoms with van der Waals surface area (Å²) >= 11 is 0. The smallest absolute Gasteiger partial charge is 0.258 e. The zero-order chi connectivity index (χ0) is 19.5. The second-order valence-corrected chi connectivity index (χ2v) is 6.10. The van der Waals surface area contributed by atoms with Gasteiger partial charge in [0.05, 0.1) is 13.0 Å². The third-order valence-corrected chi connectivity index (χ3v) is 4.02. The molecule has 2 N–H and O–H groups in total. The monoisotopic (exact) mass is 370 g/mol. The van der Waals surface area contributed by atoms with E-state index < -0.39 is 0 Å². The number of carbonyl (C=O) groups excluding carboxylic acids is 2. The molecular weight excluding hydrogens is 344 g/mol. The normalized spacial score (nSPS) is 10.1. The summed E-state index contributed by atoms with van der Waals surface area (Å²) in [6, 6.07) is 15.1. The third kappa shape index (κ3) is 7.40. The zero-order valence-electron chi connectivity index (χ0n) is 15.8. The highest BCUT2D eigenvalue weighted by molar-refractivity contribution is 5.78. The van der Waals surface area contributed by atoms with Gasteiger partial charge in [0.2, 0.25) is 5.91 Å². The third-order valence-electron chi connectivity index (χ3n) is 4.02. The van der Waals surface area contributed by atoms with Crippen molar-refractivity contribution in [2.45, 2.75) is 20.3 Å². The summed E-state index contributed by atoms with van der Waals surface area (Å²) in [6.45, 7) is 4.92. The van der Waals surface area contributed by atoms with Crippen molar-refractivity contribution in [2.75, 3.05) is 26.3 Å². The summed E-state index contributed by atoms with van der Waals surface area (Å²) in [5.74, 6) is 1.10. The molecule has 2 rings (SSSR count). The molecule has 0 spiro atoms. The second kappa shape index (κ2) is 10.9. The Labute approximate surface area is 159 Å².